The fraction of sp³-hybridized carbons (Fsp3) is 0.562. The molecule has 20 heavy (non-hydrogen) atoms. The van der Waals surface area contributed by atoms with Gasteiger partial charge in [0.25, 0.3) is 0 Å². The molecular weight excluding hydrogens is 318 g/mol. The smallest absolute Gasteiger partial charge is 0.223 e. The van der Waals surface area contributed by atoms with Gasteiger partial charge in [0, 0.05) is 23.5 Å². The molecule has 1 aromatic carbocycles. The van der Waals surface area contributed by atoms with Gasteiger partial charge in [-0.2, -0.15) is 0 Å². The molecule has 0 aromatic heterocycles. The van der Waals surface area contributed by atoms with Crippen LogP contribution in [0.15, 0.2) is 28.7 Å². The third-order valence-electron chi connectivity index (χ3n) is 3.96. The molecule has 4 heteroatoms. The second-order valence-electron chi connectivity index (χ2n) is 6.36. The molecule has 0 spiro atoms. The summed E-state index contributed by atoms with van der Waals surface area (Å²) in [5, 5.41) is 12.0. The van der Waals surface area contributed by atoms with Gasteiger partial charge in [-0.15, -0.1) is 0 Å². The fourth-order valence-electron chi connectivity index (χ4n) is 2.41. The zero-order valence-corrected chi connectivity index (χ0v) is 13.6. The van der Waals surface area contributed by atoms with Crippen LogP contribution in [0.4, 0.5) is 0 Å². The molecule has 3 nitrogen and oxygen atoms in total. The van der Waals surface area contributed by atoms with Crippen molar-refractivity contribution in [3.05, 3.63) is 34.3 Å². The molecule has 1 aliphatic rings. The van der Waals surface area contributed by atoms with E-state index < -0.39 is 0 Å². The van der Waals surface area contributed by atoms with E-state index in [0.717, 1.165) is 10.9 Å². The van der Waals surface area contributed by atoms with Crippen LogP contribution >= 0.6 is 15.9 Å². The first kappa shape index (κ1) is 15.5. The highest BCUT2D eigenvalue weighted by Crippen LogP contribution is 2.47. The second-order valence-corrected chi connectivity index (χ2v) is 7.27. The number of nitrogens with one attached hydrogen (secondary N) is 1. The summed E-state index contributed by atoms with van der Waals surface area (Å²) in [6.45, 7) is 4.90. The Kier molecular flexibility index (Phi) is 4.86. The average Bonchev–Trinajstić information content (AvgIpc) is 3.17. The number of carbonyl (C=O) groups excluding carboxylic acids is 1. The Labute approximate surface area is 128 Å². The summed E-state index contributed by atoms with van der Waals surface area (Å²) in [7, 11) is 0. The Morgan fingerprint density at radius 3 is 2.65 bits per heavy atom. The third-order valence-corrected chi connectivity index (χ3v) is 4.48. The molecule has 1 amide bonds. The van der Waals surface area contributed by atoms with E-state index in [1.165, 1.54) is 5.56 Å². The third kappa shape index (κ3) is 4.06. The van der Waals surface area contributed by atoms with Crippen molar-refractivity contribution in [3.8, 4) is 0 Å². The fourth-order valence-corrected chi connectivity index (χ4v) is 2.68. The maximum atomic E-state index is 12.1. The van der Waals surface area contributed by atoms with Gasteiger partial charge >= 0.3 is 0 Å². The monoisotopic (exact) mass is 339 g/mol. The molecule has 0 radical (unpaired) electrons. The summed E-state index contributed by atoms with van der Waals surface area (Å²) < 4.78 is 1.06. The van der Waals surface area contributed by atoms with Crippen LogP contribution in [0.2, 0.25) is 0 Å². The van der Waals surface area contributed by atoms with Crippen molar-refractivity contribution in [1.82, 2.24) is 5.32 Å². The summed E-state index contributed by atoms with van der Waals surface area (Å²) in [6, 6.07) is 8.20. The second kappa shape index (κ2) is 6.27. The maximum absolute atomic E-state index is 12.1. The Morgan fingerprint density at radius 1 is 1.40 bits per heavy atom. The number of aliphatic hydroxyl groups is 1. The van der Waals surface area contributed by atoms with Crippen LogP contribution in [-0.4, -0.2) is 24.2 Å². The molecule has 1 fully saturated rings. The van der Waals surface area contributed by atoms with Gasteiger partial charge in [0.2, 0.25) is 5.91 Å². The van der Waals surface area contributed by atoms with Crippen LogP contribution < -0.4 is 5.32 Å². The number of benzene rings is 1. The van der Waals surface area contributed by atoms with Crippen molar-refractivity contribution in [2.24, 2.45) is 11.3 Å². The SMILES string of the molecule is CC(C)(CCO)CNC(=O)C1CC1c1ccc(Br)cc1. The number of rotatable bonds is 6. The zero-order valence-electron chi connectivity index (χ0n) is 12.0. The highest BCUT2D eigenvalue weighted by atomic mass is 79.9. The Bertz CT molecular complexity index is 470. The van der Waals surface area contributed by atoms with Crippen LogP contribution in [0.1, 0.15) is 38.2 Å². The number of hydrogen-bond donors (Lipinski definition) is 2. The Hall–Kier alpha value is -0.870. The summed E-state index contributed by atoms with van der Waals surface area (Å²) in [5.74, 6) is 0.620. The van der Waals surface area contributed by atoms with E-state index in [1.54, 1.807) is 0 Å². The lowest BCUT2D eigenvalue weighted by atomic mass is 9.89. The average molecular weight is 340 g/mol. The van der Waals surface area contributed by atoms with Crippen molar-refractivity contribution in [2.45, 2.75) is 32.6 Å². The van der Waals surface area contributed by atoms with Crippen LogP contribution in [0, 0.1) is 11.3 Å². The molecule has 110 valence electrons. The number of halogens is 1. The molecule has 1 aromatic rings. The Balaban J connectivity index is 1.83. The number of hydrogen-bond acceptors (Lipinski definition) is 2. The van der Waals surface area contributed by atoms with Crippen LogP contribution in [-0.2, 0) is 4.79 Å². The van der Waals surface area contributed by atoms with Crippen LogP contribution in [0.25, 0.3) is 0 Å². The lowest BCUT2D eigenvalue weighted by Crippen LogP contribution is -2.35. The van der Waals surface area contributed by atoms with E-state index in [-0.39, 0.29) is 23.8 Å². The number of aliphatic hydroxyl groups excluding tert-OH is 1. The van der Waals surface area contributed by atoms with E-state index in [1.807, 2.05) is 12.1 Å². The van der Waals surface area contributed by atoms with E-state index in [2.05, 4.69) is 47.2 Å². The molecule has 1 aliphatic carbocycles. The van der Waals surface area contributed by atoms with Gasteiger partial charge in [0.1, 0.15) is 0 Å². The first-order chi connectivity index (χ1) is 9.43. The molecular formula is C16H22BrNO2. The molecule has 0 bridgehead atoms. The van der Waals surface area contributed by atoms with Gasteiger partial charge in [-0.3, -0.25) is 4.79 Å². The van der Waals surface area contributed by atoms with Gasteiger partial charge < -0.3 is 10.4 Å². The first-order valence-corrected chi connectivity index (χ1v) is 7.86. The molecule has 2 rings (SSSR count). The highest BCUT2D eigenvalue weighted by molar-refractivity contribution is 9.10. The van der Waals surface area contributed by atoms with E-state index in [4.69, 9.17) is 5.11 Å². The lowest BCUT2D eigenvalue weighted by molar-refractivity contribution is -0.122. The van der Waals surface area contributed by atoms with Crippen LogP contribution in [0.3, 0.4) is 0 Å². The lowest BCUT2D eigenvalue weighted by Gasteiger charge is -2.23. The minimum Gasteiger partial charge on any atom is -0.396 e. The largest absolute Gasteiger partial charge is 0.396 e. The topological polar surface area (TPSA) is 49.3 Å². The first-order valence-electron chi connectivity index (χ1n) is 7.07. The number of amides is 1. The van der Waals surface area contributed by atoms with E-state index >= 15 is 0 Å². The predicted molar refractivity (Wildman–Crippen MR) is 83.5 cm³/mol. The molecule has 2 unspecified atom stereocenters. The predicted octanol–water partition coefficient (Wildman–Crippen LogP) is 3.08. The maximum Gasteiger partial charge on any atom is 0.223 e. The van der Waals surface area contributed by atoms with Gasteiger partial charge in [-0.05, 0) is 41.9 Å². The minimum atomic E-state index is -0.0492. The highest BCUT2D eigenvalue weighted by Gasteiger charge is 2.43. The van der Waals surface area contributed by atoms with Crippen molar-refractivity contribution in [2.75, 3.05) is 13.2 Å². The van der Waals surface area contributed by atoms with E-state index in [9.17, 15) is 4.79 Å². The summed E-state index contributed by atoms with van der Waals surface area (Å²) in [4.78, 5) is 12.1. The molecule has 0 saturated heterocycles. The van der Waals surface area contributed by atoms with Gasteiger partial charge in [0.05, 0.1) is 0 Å². The van der Waals surface area contributed by atoms with Crippen molar-refractivity contribution in [3.63, 3.8) is 0 Å². The molecule has 0 heterocycles. The molecule has 0 aliphatic heterocycles. The zero-order chi connectivity index (χ0) is 14.8. The summed E-state index contributed by atoms with van der Waals surface area (Å²) >= 11 is 3.42. The van der Waals surface area contributed by atoms with Crippen molar-refractivity contribution >= 4 is 21.8 Å². The summed E-state index contributed by atoms with van der Waals surface area (Å²) in [6.07, 6.45) is 1.64. The normalized spacial score (nSPS) is 21.6. The minimum absolute atomic E-state index is 0.0492. The van der Waals surface area contributed by atoms with Gasteiger partial charge in [0.15, 0.2) is 0 Å². The van der Waals surface area contributed by atoms with Crippen molar-refractivity contribution in [1.29, 1.82) is 0 Å². The molecule has 2 atom stereocenters. The van der Waals surface area contributed by atoms with Crippen molar-refractivity contribution < 1.29 is 9.90 Å². The van der Waals surface area contributed by atoms with E-state index in [0.29, 0.717) is 18.9 Å². The Morgan fingerprint density at radius 2 is 2.05 bits per heavy atom. The quantitative estimate of drug-likeness (QED) is 0.836. The molecule has 2 N–H and O–H groups in total. The summed E-state index contributed by atoms with van der Waals surface area (Å²) in [5.41, 5.74) is 1.19. The van der Waals surface area contributed by atoms with Gasteiger partial charge in [-0.25, -0.2) is 0 Å². The van der Waals surface area contributed by atoms with Gasteiger partial charge in [-0.1, -0.05) is 41.9 Å². The molecule has 1 saturated carbocycles. The number of carbonyl (C=O) groups is 1. The van der Waals surface area contributed by atoms with Crippen LogP contribution in [0.5, 0.6) is 0 Å². The standard InChI is InChI=1S/C16H22BrNO2/c1-16(2,7-8-19)10-18-15(20)14-9-13(14)11-3-5-12(17)6-4-11/h3-6,13-14,19H,7-10H2,1-2H3,(H,18,20).